The minimum Gasteiger partial charge on any atom is -0.480 e. The lowest BCUT2D eigenvalue weighted by Gasteiger charge is -2.38. The third-order valence-electron chi connectivity index (χ3n) is 3.68. The van der Waals surface area contributed by atoms with E-state index in [1.807, 2.05) is 0 Å². The van der Waals surface area contributed by atoms with E-state index < -0.39 is 11.5 Å². The molecule has 1 aliphatic carbocycles. The fourth-order valence-electron chi connectivity index (χ4n) is 2.42. The van der Waals surface area contributed by atoms with Crippen molar-refractivity contribution in [1.29, 1.82) is 0 Å². The van der Waals surface area contributed by atoms with Gasteiger partial charge in [-0.15, -0.1) is 0 Å². The maximum Gasteiger partial charge on any atom is 0.329 e. The van der Waals surface area contributed by atoms with E-state index >= 15 is 0 Å². The Labute approximate surface area is 101 Å². The molecular weight excluding hydrogens is 222 g/mol. The van der Waals surface area contributed by atoms with Crippen molar-refractivity contribution < 1.29 is 19.4 Å². The molecule has 2 aliphatic rings. The van der Waals surface area contributed by atoms with Crippen LogP contribution in [0.3, 0.4) is 0 Å². The summed E-state index contributed by atoms with van der Waals surface area (Å²) in [5, 5.41) is 11.8. The van der Waals surface area contributed by atoms with Gasteiger partial charge in [0.05, 0.1) is 12.5 Å². The first kappa shape index (κ1) is 12.4. The topological polar surface area (TPSA) is 75.6 Å². The van der Waals surface area contributed by atoms with E-state index in [0.29, 0.717) is 19.4 Å². The Balaban J connectivity index is 1.81. The number of ether oxygens (including phenoxy) is 1. The molecule has 1 amide bonds. The highest BCUT2D eigenvalue weighted by Gasteiger charge is 2.45. The quantitative estimate of drug-likeness (QED) is 0.772. The SMILES string of the molecule is O=C(CC1CCCCO1)NC1(C(=O)O)CCC1. The minimum absolute atomic E-state index is 0.0327. The van der Waals surface area contributed by atoms with Crippen LogP contribution in [0, 0.1) is 0 Å². The van der Waals surface area contributed by atoms with Crippen LogP contribution in [0.1, 0.15) is 44.9 Å². The molecule has 1 heterocycles. The van der Waals surface area contributed by atoms with Crippen LogP contribution in [0.5, 0.6) is 0 Å². The van der Waals surface area contributed by atoms with Gasteiger partial charge in [-0.2, -0.15) is 0 Å². The number of amides is 1. The molecule has 0 bridgehead atoms. The van der Waals surface area contributed by atoms with Gasteiger partial charge in [-0.3, -0.25) is 4.79 Å². The van der Waals surface area contributed by atoms with Crippen LogP contribution in [0.15, 0.2) is 0 Å². The lowest BCUT2D eigenvalue weighted by molar-refractivity contribution is -0.152. The predicted molar refractivity (Wildman–Crippen MR) is 60.6 cm³/mol. The monoisotopic (exact) mass is 241 g/mol. The van der Waals surface area contributed by atoms with Gasteiger partial charge in [-0.05, 0) is 38.5 Å². The van der Waals surface area contributed by atoms with Gasteiger partial charge in [0, 0.05) is 6.61 Å². The predicted octanol–water partition coefficient (Wildman–Crippen LogP) is 1.07. The third kappa shape index (κ3) is 2.77. The molecule has 5 heteroatoms. The van der Waals surface area contributed by atoms with Crippen molar-refractivity contribution in [2.24, 2.45) is 0 Å². The molecule has 0 spiro atoms. The first-order chi connectivity index (χ1) is 8.12. The first-order valence-corrected chi connectivity index (χ1v) is 6.28. The van der Waals surface area contributed by atoms with E-state index in [0.717, 1.165) is 25.7 Å². The standard InChI is InChI=1S/C12H19NO4/c14-10(8-9-4-1-2-7-17-9)13-12(11(15)16)5-3-6-12/h9H,1-8H2,(H,13,14)(H,15,16). The van der Waals surface area contributed by atoms with Crippen LogP contribution in [-0.2, 0) is 14.3 Å². The van der Waals surface area contributed by atoms with Crippen LogP contribution in [0.25, 0.3) is 0 Å². The molecule has 96 valence electrons. The van der Waals surface area contributed by atoms with Gasteiger partial charge in [0.1, 0.15) is 5.54 Å². The van der Waals surface area contributed by atoms with Crippen molar-refractivity contribution in [2.75, 3.05) is 6.61 Å². The number of carboxylic acid groups (broad SMARTS) is 1. The Morgan fingerprint density at radius 2 is 2.06 bits per heavy atom. The summed E-state index contributed by atoms with van der Waals surface area (Å²) in [6.45, 7) is 0.710. The highest BCUT2D eigenvalue weighted by atomic mass is 16.5. The van der Waals surface area contributed by atoms with Crippen molar-refractivity contribution in [1.82, 2.24) is 5.32 Å². The van der Waals surface area contributed by atoms with Crippen molar-refractivity contribution in [3.05, 3.63) is 0 Å². The summed E-state index contributed by atoms with van der Waals surface area (Å²) >= 11 is 0. The molecule has 0 radical (unpaired) electrons. The maximum absolute atomic E-state index is 11.8. The van der Waals surface area contributed by atoms with E-state index in [2.05, 4.69) is 5.32 Å². The first-order valence-electron chi connectivity index (χ1n) is 6.28. The molecule has 0 aromatic carbocycles. The number of carbonyl (C=O) groups is 2. The fraction of sp³-hybridized carbons (Fsp3) is 0.833. The van der Waals surface area contributed by atoms with Crippen molar-refractivity contribution >= 4 is 11.9 Å². The number of aliphatic carboxylic acids is 1. The Kier molecular flexibility index (Phi) is 3.66. The lowest BCUT2D eigenvalue weighted by Crippen LogP contribution is -2.59. The highest BCUT2D eigenvalue weighted by molar-refractivity contribution is 5.88. The number of hydrogen-bond donors (Lipinski definition) is 2. The second-order valence-electron chi connectivity index (χ2n) is 4.98. The van der Waals surface area contributed by atoms with Gasteiger partial charge in [0.25, 0.3) is 0 Å². The average molecular weight is 241 g/mol. The summed E-state index contributed by atoms with van der Waals surface area (Å²) in [6, 6.07) is 0. The average Bonchev–Trinajstić information content (AvgIpc) is 2.24. The second kappa shape index (κ2) is 5.04. The normalized spacial score (nSPS) is 26.9. The fourth-order valence-corrected chi connectivity index (χ4v) is 2.42. The van der Waals surface area contributed by atoms with Crippen molar-refractivity contribution in [3.8, 4) is 0 Å². The van der Waals surface area contributed by atoms with Crippen LogP contribution < -0.4 is 5.32 Å². The number of nitrogens with one attached hydrogen (secondary N) is 1. The summed E-state index contributed by atoms with van der Waals surface area (Å²) in [7, 11) is 0. The molecule has 5 nitrogen and oxygen atoms in total. The zero-order chi connectivity index (χ0) is 12.3. The van der Waals surface area contributed by atoms with E-state index in [1.54, 1.807) is 0 Å². The molecular formula is C12H19NO4. The molecule has 1 atom stereocenters. The van der Waals surface area contributed by atoms with Gasteiger partial charge in [-0.25, -0.2) is 4.79 Å². The molecule has 1 saturated heterocycles. The van der Waals surface area contributed by atoms with E-state index in [9.17, 15) is 9.59 Å². The molecule has 2 N–H and O–H groups in total. The van der Waals surface area contributed by atoms with Gasteiger partial charge < -0.3 is 15.2 Å². The van der Waals surface area contributed by atoms with E-state index in [-0.39, 0.29) is 18.4 Å². The lowest BCUT2D eigenvalue weighted by atomic mass is 9.76. The maximum atomic E-state index is 11.8. The molecule has 0 aromatic heterocycles. The largest absolute Gasteiger partial charge is 0.480 e. The summed E-state index contributed by atoms with van der Waals surface area (Å²) in [6.07, 6.45) is 5.24. The zero-order valence-electron chi connectivity index (χ0n) is 9.91. The van der Waals surface area contributed by atoms with Gasteiger partial charge in [0.2, 0.25) is 5.91 Å². The minimum atomic E-state index is -0.994. The molecule has 1 aliphatic heterocycles. The van der Waals surface area contributed by atoms with Crippen LogP contribution >= 0.6 is 0 Å². The van der Waals surface area contributed by atoms with Crippen molar-refractivity contribution in [2.45, 2.75) is 56.6 Å². The smallest absolute Gasteiger partial charge is 0.329 e. The van der Waals surface area contributed by atoms with Crippen molar-refractivity contribution in [3.63, 3.8) is 0 Å². The van der Waals surface area contributed by atoms with Gasteiger partial charge in [-0.1, -0.05) is 0 Å². The Morgan fingerprint density at radius 3 is 2.53 bits per heavy atom. The number of hydrogen-bond acceptors (Lipinski definition) is 3. The van der Waals surface area contributed by atoms with Crippen LogP contribution in [0.2, 0.25) is 0 Å². The number of carbonyl (C=O) groups excluding carboxylic acids is 1. The highest BCUT2D eigenvalue weighted by Crippen LogP contribution is 2.32. The Morgan fingerprint density at radius 1 is 1.29 bits per heavy atom. The van der Waals surface area contributed by atoms with Gasteiger partial charge in [0.15, 0.2) is 0 Å². The zero-order valence-corrected chi connectivity index (χ0v) is 9.91. The van der Waals surface area contributed by atoms with Gasteiger partial charge >= 0.3 is 5.97 Å². The summed E-state index contributed by atoms with van der Waals surface area (Å²) in [5.74, 6) is -1.11. The summed E-state index contributed by atoms with van der Waals surface area (Å²) < 4.78 is 5.47. The Hall–Kier alpha value is -1.10. The summed E-state index contributed by atoms with van der Waals surface area (Å²) in [4.78, 5) is 22.9. The second-order valence-corrected chi connectivity index (χ2v) is 4.98. The number of rotatable bonds is 4. The molecule has 1 unspecified atom stereocenters. The summed E-state index contributed by atoms with van der Waals surface area (Å²) in [5.41, 5.74) is -0.994. The van der Waals surface area contributed by atoms with Crippen LogP contribution in [0.4, 0.5) is 0 Å². The molecule has 1 saturated carbocycles. The third-order valence-corrected chi connectivity index (χ3v) is 3.68. The molecule has 17 heavy (non-hydrogen) atoms. The van der Waals surface area contributed by atoms with E-state index in [4.69, 9.17) is 9.84 Å². The molecule has 2 rings (SSSR count). The van der Waals surface area contributed by atoms with E-state index in [1.165, 1.54) is 0 Å². The Bertz CT molecular complexity index is 306. The molecule has 2 fully saturated rings. The molecule has 0 aromatic rings. The number of carboxylic acids is 1. The van der Waals surface area contributed by atoms with Crippen LogP contribution in [-0.4, -0.2) is 35.2 Å².